The van der Waals surface area contributed by atoms with E-state index in [0.29, 0.717) is 11.3 Å². The van der Waals surface area contributed by atoms with E-state index in [-0.39, 0.29) is 11.5 Å². The van der Waals surface area contributed by atoms with E-state index >= 15 is 0 Å². The van der Waals surface area contributed by atoms with Gasteiger partial charge in [0.15, 0.2) is 5.76 Å². The highest BCUT2D eigenvalue weighted by Crippen LogP contribution is 2.29. The smallest absolute Gasteiger partial charge is 0.240 e. The first-order valence-corrected chi connectivity index (χ1v) is 4.10. The lowest BCUT2D eigenvalue weighted by Crippen LogP contribution is -1.76. The van der Waals surface area contributed by atoms with Gasteiger partial charge in [0.2, 0.25) is 6.08 Å². The monoisotopic (exact) mass is 204 g/mol. The van der Waals surface area contributed by atoms with Crippen LogP contribution in [-0.4, -0.2) is 11.2 Å². The molecule has 0 fully saturated rings. The minimum atomic E-state index is -0.348. The van der Waals surface area contributed by atoms with Gasteiger partial charge in [0.05, 0.1) is 6.20 Å². The SMILES string of the molecule is O=C=Nc1cnoc1-c1ccc(F)cc1. The van der Waals surface area contributed by atoms with Crippen molar-refractivity contribution in [3.05, 3.63) is 36.3 Å². The van der Waals surface area contributed by atoms with Crippen LogP contribution in [0.3, 0.4) is 0 Å². The maximum atomic E-state index is 12.6. The third-order valence-corrected chi connectivity index (χ3v) is 1.82. The van der Waals surface area contributed by atoms with Crippen LogP contribution in [0.15, 0.2) is 40.0 Å². The van der Waals surface area contributed by atoms with Gasteiger partial charge in [-0.15, -0.1) is 0 Å². The lowest BCUT2D eigenvalue weighted by Gasteiger charge is -1.95. The number of nitrogens with zero attached hydrogens (tertiary/aromatic N) is 2. The molecule has 0 saturated carbocycles. The lowest BCUT2D eigenvalue weighted by atomic mass is 10.1. The summed E-state index contributed by atoms with van der Waals surface area (Å²) in [5, 5.41) is 3.50. The Morgan fingerprint density at radius 2 is 2.07 bits per heavy atom. The molecule has 0 amide bonds. The first kappa shape index (κ1) is 9.30. The molecule has 5 heteroatoms. The second-order valence-electron chi connectivity index (χ2n) is 2.75. The fourth-order valence-electron chi connectivity index (χ4n) is 1.17. The van der Waals surface area contributed by atoms with Crippen LogP contribution in [-0.2, 0) is 4.79 Å². The number of hydrogen-bond donors (Lipinski definition) is 0. The van der Waals surface area contributed by atoms with E-state index in [0.717, 1.165) is 0 Å². The van der Waals surface area contributed by atoms with Crippen molar-refractivity contribution >= 4 is 11.8 Å². The van der Waals surface area contributed by atoms with Crippen molar-refractivity contribution in [3.8, 4) is 11.3 Å². The Hall–Kier alpha value is -2.26. The molecule has 0 radical (unpaired) electrons. The third kappa shape index (κ3) is 1.82. The highest BCUT2D eigenvalue weighted by atomic mass is 19.1. The largest absolute Gasteiger partial charge is 0.354 e. The van der Waals surface area contributed by atoms with E-state index in [1.807, 2.05) is 0 Å². The van der Waals surface area contributed by atoms with Crippen LogP contribution < -0.4 is 0 Å². The van der Waals surface area contributed by atoms with E-state index < -0.39 is 0 Å². The average molecular weight is 204 g/mol. The summed E-state index contributed by atoms with van der Waals surface area (Å²) in [6.45, 7) is 0. The second kappa shape index (κ2) is 3.86. The average Bonchev–Trinajstić information content (AvgIpc) is 2.68. The minimum absolute atomic E-state index is 0.275. The highest BCUT2D eigenvalue weighted by Gasteiger charge is 2.09. The van der Waals surface area contributed by atoms with Gasteiger partial charge in [-0.05, 0) is 24.3 Å². The Labute approximate surface area is 84.0 Å². The highest BCUT2D eigenvalue weighted by molar-refractivity contribution is 5.71. The Morgan fingerprint density at radius 1 is 1.33 bits per heavy atom. The van der Waals surface area contributed by atoms with E-state index in [4.69, 9.17) is 4.52 Å². The van der Waals surface area contributed by atoms with Crippen LogP contribution in [0.2, 0.25) is 0 Å². The lowest BCUT2D eigenvalue weighted by molar-refractivity contribution is 0.432. The van der Waals surface area contributed by atoms with Crippen LogP contribution in [0.5, 0.6) is 0 Å². The van der Waals surface area contributed by atoms with E-state index in [2.05, 4.69) is 10.1 Å². The van der Waals surface area contributed by atoms with E-state index in [1.54, 1.807) is 0 Å². The maximum Gasteiger partial charge on any atom is 0.240 e. The summed E-state index contributed by atoms with van der Waals surface area (Å²) in [4.78, 5) is 13.5. The summed E-state index contributed by atoms with van der Waals surface area (Å²) in [5.41, 5.74) is 0.875. The zero-order valence-corrected chi connectivity index (χ0v) is 7.48. The molecule has 1 heterocycles. The number of halogens is 1. The van der Waals surface area contributed by atoms with Gasteiger partial charge in [-0.2, -0.15) is 4.99 Å². The first-order chi connectivity index (χ1) is 7.31. The van der Waals surface area contributed by atoms with Crippen molar-refractivity contribution in [1.82, 2.24) is 5.16 Å². The third-order valence-electron chi connectivity index (χ3n) is 1.82. The molecule has 4 nitrogen and oxygen atoms in total. The summed E-state index contributed by atoms with van der Waals surface area (Å²) >= 11 is 0. The van der Waals surface area contributed by atoms with Crippen LogP contribution in [0, 0.1) is 5.82 Å². The Morgan fingerprint density at radius 3 is 2.73 bits per heavy atom. The van der Waals surface area contributed by atoms with Crippen molar-refractivity contribution < 1.29 is 13.7 Å². The predicted molar refractivity (Wildman–Crippen MR) is 49.7 cm³/mol. The van der Waals surface area contributed by atoms with E-state index in [1.165, 1.54) is 36.5 Å². The van der Waals surface area contributed by atoms with Gasteiger partial charge in [0.1, 0.15) is 11.5 Å². The van der Waals surface area contributed by atoms with Crippen LogP contribution >= 0.6 is 0 Å². The van der Waals surface area contributed by atoms with Gasteiger partial charge in [0.25, 0.3) is 0 Å². The molecule has 1 aromatic heterocycles. The molecule has 0 aliphatic heterocycles. The molecule has 0 aliphatic carbocycles. The molecule has 74 valence electrons. The molecular formula is C10H5FN2O2. The predicted octanol–water partition coefficient (Wildman–Crippen LogP) is 2.45. The summed E-state index contributed by atoms with van der Waals surface area (Å²) in [6.07, 6.45) is 2.69. The molecular weight excluding hydrogens is 199 g/mol. The Bertz CT molecular complexity index is 512. The topological polar surface area (TPSA) is 55.5 Å². The molecule has 0 aliphatic rings. The van der Waals surface area contributed by atoms with Crippen molar-refractivity contribution in [1.29, 1.82) is 0 Å². The summed E-state index contributed by atoms with van der Waals surface area (Å²) in [6, 6.07) is 5.60. The molecule has 2 aromatic rings. The first-order valence-electron chi connectivity index (χ1n) is 4.10. The van der Waals surface area contributed by atoms with Crippen molar-refractivity contribution in [2.24, 2.45) is 4.99 Å². The number of rotatable bonds is 2. The van der Waals surface area contributed by atoms with Gasteiger partial charge in [-0.3, -0.25) is 0 Å². The molecule has 1 aromatic carbocycles. The maximum absolute atomic E-state index is 12.6. The quantitative estimate of drug-likeness (QED) is 0.557. The zero-order chi connectivity index (χ0) is 10.7. The summed E-state index contributed by atoms with van der Waals surface area (Å²) in [5.74, 6) is -0.0305. The normalized spacial score (nSPS) is 9.67. The molecule has 0 atom stereocenters. The number of benzene rings is 1. The van der Waals surface area contributed by atoms with Crippen LogP contribution in [0.4, 0.5) is 10.1 Å². The fraction of sp³-hybridized carbons (Fsp3) is 0. The summed E-state index contributed by atoms with van der Waals surface area (Å²) < 4.78 is 17.5. The molecule has 15 heavy (non-hydrogen) atoms. The van der Waals surface area contributed by atoms with Gasteiger partial charge in [-0.1, -0.05) is 5.16 Å². The molecule has 0 unspecified atom stereocenters. The van der Waals surface area contributed by atoms with Gasteiger partial charge < -0.3 is 4.52 Å². The Balaban J connectivity index is 2.49. The van der Waals surface area contributed by atoms with Crippen molar-refractivity contribution in [2.45, 2.75) is 0 Å². The molecule has 0 spiro atoms. The number of aliphatic imine (C=N–C) groups is 1. The number of carbonyl (C=O) groups excluding carboxylic acids is 1. The molecule has 0 saturated heterocycles. The van der Waals surface area contributed by atoms with Crippen LogP contribution in [0.1, 0.15) is 0 Å². The van der Waals surface area contributed by atoms with Gasteiger partial charge >= 0.3 is 0 Å². The Kier molecular flexibility index (Phi) is 2.39. The van der Waals surface area contributed by atoms with Crippen molar-refractivity contribution in [3.63, 3.8) is 0 Å². The number of aromatic nitrogens is 1. The standard InChI is InChI=1S/C10H5FN2O2/c11-8-3-1-7(2-4-8)10-9(12-6-14)5-13-15-10/h1-5H. The second-order valence-corrected chi connectivity index (χ2v) is 2.75. The molecule has 2 rings (SSSR count). The number of isocyanates is 1. The van der Waals surface area contributed by atoms with E-state index in [9.17, 15) is 9.18 Å². The van der Waals surface area contributed by atoms with Gasteiger partial charge in [0, 0.05) is 5.56 Å². The summed E-state index contributed by atoms with van der Waals surface area (Å²) in [7, 11) is 0. The van der Waals surface area contributed by atoms with Crippen molar-refractivity contribution in [2.75, 3.05) is 0 Å². The minimum Gasteiger partial charge on any atom is -0.354 e. The zero-order valence-electron chi connectivity index (χ0n) is 7.48. The molecule has 0 N–H and O–H groups in total. The fourth-order valence-corrected chi connectivity index (χ4v) is 1.17. The number of hydrogen-bond acceptors (Lipinski definition) is 4. The van der Waals surface area contributed by atoms with Crippen LogP contribution in [0.25, 0.3) is 11.3 Å². The van der Waals surface area contributed by atoms with Gasteiger partial charge in [-0.25, -0.2) is 9.18 Å². The molecule has 0 bridgehead atoms.